The average molecular weight is 540 g/mol. The highest BCUT2D eigenvalue weighted by Gasteiger charge is 2.39. The fourth-order valence-electron chi connectivity index (χ4n) is 5.98. The van der Waals surface area contributed by atoms with E-state index < -0.39 is 10.0 Å². The fourth-order valence-corrected chi connectivity index (χ4v) is 7.54. The van der Waals surface area contributed by atoms with Gasteiger partial charge < -0.3 is 24.2 Å². The Kier molecular flexibility index (Phi) is 9.66. The quantitative estimate of drug-likeness (QED) is 0.257. The zero-order chi connectivity index (χ0) is 27.4. The normalized spacial score (nSPS) is 19.0. The summed E-state index contributed by atoms with van der Waals surface area (Å²) in [5, 5.41) is 12.0. The van der Waals surface area contributed by atoms with Gasteiger partial charge in [0.25, 0.3) is 0 Å². The predicted octanol–water partition coefficient (Wildman–Crippen LogP) is 3.32. The number of quaternary nitrogens is 1. The van der Waals surface area contributed by atoms with Crippen molar-refractivity contribution in [1.29, 1.82) is 0 Å². The molecule has 1 heterocycles. The molecular formula is C27H45N3O6S. The van der Waals surface area contributed by atoms with Gasteiger partial charge in [0.05, 0.1) is 39.3 Å². The molecule has 1 aliphatic carbocycles. The highest BCUT2D eigenvalue weighted by Crippen LogP contribution is 2.46. The number of hydroxylamine groups is 3. The number of nitrogens with zero attached hydrogens (tertiary/aromatic N) is 3. The number of carbonyl (C=O) groups excluding carboxylic acids is 1. The summed E-state index contributed by atoms with van der Waals surface area (Å²) < 4.78 is 38.1. The molecule has 2 aliphatic rings. The maximum atomic E-state index is 13.1. The van der Waals surface area contributed by atoms with Gasteiger partial charge >= 0.3 is 0 Å². The lowest BCUT2D eigenvalue weighted by Crippen LogP contribution is -2.47. The third kappa shape index (κ3) is 7.66. The van der Waals surface area contributed by atoms with E-state index in [1.807, 2.05) is 4.90 Å². The third-order valence-electron chi connectivity index (χ3n) is 8.15. The Morgan fingerprint density at radius 2 is 1.70 bits per heavy atom. The summed E-state index contributed by atoms with van der Waals surface area (Å²) in [5.41, 5.74) is 1.57. The number of aryl methyl sites for hydroxylation is 2. The number of piperidine rings is 1. The zero-order valence-electron chi connectivity index (χ0n) is 23.4. The number of ether oxygens (including phenoxy) is 2. The van der Waals surface area contributed by atoms with Crippen molar-refractivity contribution >= 4 is 15.9 Å². The number of amides is 1. The maximum absolute atomic E-state index is 13.1. The van der Waals surface area contributed by atoms with Crippen molar-refractivity contribution in [2.75, 3.05) is 67.6 Å². The molecule has 1 saturated carbocycles. The average Bonchev–Trinajstić information content (AvgIpc) is 2.82. The Morgan fingerprint density at radius 3 is 2.22 bits per heavy atom. The lowest BCUT2D eigenvalue weighted by molar-refractivity contribution is -0.844. The van der Waals surface area contributed by atoms with Crippen LogP contribution in [0.3, 0.4) is 0 Å². The second-order valence-corrected chi connectivity index (χ2v) is 13.5. The lowest BCUT2D eigenvalue weighted by atomic mass is 9.65. The molecule has 1 amide bonds. The standard InChI is InChI=1S/C27H45N3O6S/c1-21-17-24(35-6)18-22(2)26(21)37(33,34)28(3)15-16-36-20-25(31)29-13-11-27(12-14-29)9-7-23(8-10-27)19-30(4,5)32/h17-18,23H,7-16,19-20H2,1-6H3. The van der Waals surface area contributed by atoms with E-state index in [1.54, 1.807) is 47.2 Å². The number of hydrogen-bond donors (Lipinski definition) is 0. The summed E-state index contributed by atoms with van der Waals surface area (Å²) in [4.78, 5) is 14.9. The maximum Gasteiger partial charge on any atom is 0.248 e. The number of methoxy groups -OCH3 is 1. The fraction of sp³-hybridized carbons (Fsp3) is 0.741. The van der Waals surface area contributed by atoms with Crippen molar-refractivity contribution in [3.63, 3.8) is 0 Å². The lowest BCUT2D eigenvalue weighted by Gasteiger charge is -2.47. The predicted molar refractivity (Wildman–Crippen MR) is 144 cm³/mol. The van der Waals surface area contributed by atoms with E-state index >= 15 is 0 Å². The Balaban J connectivity index is 1.41. The molecule has 9 nitrogen and oxygen atoms in total. The van der Waals surface area contributed by atoms with E-state index in [9.17, 15) is 18.4 Å². The number of carbonyl (C=O) groups is 1. The zero-order valence-corrected chi connectivity index (χ0v) is 24.2. The van der Waals surface area contributed by atoms with Crippen LogP contribution in [0.25, 0.3) is 0 Å². The Bertz CT molecular complexity index is 1010. The summed E-state index contributed by atoms with van der Waals surface area (Å²) in [7, 11) is 2.83. The summed E-state index contributed by atoms with van der Waals surface area (Å²) in [6.07, 6.45) is 6.50. The first-order valence-corrected chi connectivity index (χ1v) is 14.7. The molecule has 0 radical (unpaired) electrons. The van der Waals surface area contributed by atoms with E-state index in [-0.39, 0.29) is 35.2 Å². The third-order valence-corrected chi connectivity index (χ3v) is 10.3. The van der Waals surface area contributed by atoms with Crippen molar-refractivity contribution in [3.05, 3.63) is 28.5 Å². The van der Waals surface area contributed by atoms with Crippen molar-refractivity contribution in [3.8, 4) is 5.75 Å². The molecule has 0 bridgehead atoms. The van der Waals surface area contributed by atoms with Crippen LogP contribution in [0.1, 0.15) is 49.7 Å². The summed E-state index contributed by atoms with van der Waals surface area (Å²) in [6, 6.07) is 3.42. The molecule has 210 valence electrons. The van der Waals surface area contributed by atoms with Crippen molar-refractivity contribution in [2.45, 2.75) is 57.3 Å². The monoisotopic (exact) mass is 539 g/mol. The van der Waals surface area contributed by atoms with E-state index in [0.717, 1.165) is 51.6 Å². The van der Waals surface area contributed by atoms with Gasteiger partial charge in [-0.3, -0.25) is 4.79 Å². The van der Waals surface area contributed by atoms with Crippen LogP contribution >= 0.6 is 0 Å². The molecule has 0 N–H and O–H groups in total. The van der Waals surface area contributed by atoms with Gasteiger partial charge in [0, 0.05) is 32.6 Å². The van der Waals surface area contributed by atoms with Crippen LogP contribution in [0.15, 0.2) is 17.0 Å². The number of sulfonamides is 1. The molecule has 1 aliphatic heterocycles. The smallest absolute Gasteiger partial charge is 0.248 e. The first kappa shape index (κ1) is 29.8. The van der Waals surface area contributed by atoms with Gasteiger partial charge in [-0.05, 0) is 81.0 Å². The van der Waals surface area contributed by atoms with E-state index in [4.69, 9.17) is 9.47 Å². The molecule has 37 heavy (non-hydrogen) atoms. The van der Waals surface area contributed by atoms with Crippen LogP contribution in [0.5, 0.6) is 5.75 Å². The molecule has 1 aromatic rings. The van der Waals surface area contributed by atoms with Crippen molar-refractivity contribution < 1.29 is 27.3 Å². The summed E-state index contributed by atoms with van der Waals surface area (Å²) >= 11 is 0. The number of rotatable bonds is 10. The Morgan fingerprint density at radius 1 is 1.14 bits per heavy atom. The highest BCUT2D eigenvalue weighted by atomic mass is 32.2. The van der Waals surface area contributed by atoms with Gasteiger partial charge in [0.15, 0.2) is 0 Å². The molecule has 0 atom stereocenters. The summed E-state index contributed by atoms with van der Waals surface area (Å²) in [5.74, 6) is 1.09. The van der Waals surface area contributed by atoms with E-state index in [1.165, 1.54) is 11.4 Å². The number of benzene rings is 1. The second kappa shape index (κ2) is 12.0. The van der Waals surface area contributed by atoms with Gasteiger partial charge in [-0.25, -0.2) is 8.42 Å². The number of likely N-dealkylation sites (N-methyl/N-ethyl adjacent to an activating group) is 1. The van der Waals surface area contributed by atoms with Crippen LogP contribution in [0.4, 0.5) is 0 Å². The van der Waals surface area contributed by atoms with Gasteiger partial charge in [0.1, 0.15) is 12.4 Å². The molecule has 3 rings (SSSR count). The number of likely N-dealkylation sites (tertiary alicyclic amines) is 1. The van der Waals surface area contributed by atoms with Crippen LogP contribution in [-0.2, 0) is 19.6 Å². The topological polar surface area (TPSA) is 99.2 Å². The molecule has 10 heteroatoms. The van der Waals surface area contributed by atoms with Gasteiger partial charge in [0.2, 0.25) is 15.9 Å². The van der Waals surface area contributed by atoms with Gasteiger partial charge in [-0.1, -0.05) is 0 Å². The first-order chi connectivity index (χ1) is 17.3. The Labute approximate surface area is 222 Å². The minimum Gasteiger partial charge on any atom is -0.633 e. The molecular weight excluding hydrogens is 494 g/mol. The minimum atomic E-state index is -3.69. The van der Waals surface area contributed by atoms with Crippen molar-refractivity contribution in [1.82, 2.24) is 9.21 Å². The van der Waals surface area contributed by atoms with Crippen LogP contribution < -0.4 is 4.74 Å². The van der Waals surface area contributed by atoms with Crippen molar-refractivity contribution in [2.24, 2.45) is 11.3 Å². The molecule has 1 spiro atoms. The largest absolute Gasteiger partial charge is 0.633 e. The van der Waals surface area contributed by atoms with Crippen LogP contribution in [-0.4, -0.2) is 95.8 Å². The van der Waals surface area contributed by atoms with Gasteiger partial charge in [-0.2, -0.15) is 4.31 Å². The minimum absolute atomic E-state index is 0.0405. The van der Waals surface area contributed by atoms with E-state index in [0.29, 0.717) is 34.8 Å². The summed E-state index contributed by atoms with van der Waals surface area (Å²) in [6.45, 7) is 5.93. The van der Waals surface area contributed by atoms with E-state index in [2.05, 4.69) is 0 Å². The Hall–Kier alpha value is -1.72. The highest BCUT2D eigenvalue weighted by molar-refractivity contribution is 7.89. The molecule has 0 aromatic heterocycles. The molecule has 0 unspecified atom stereocenters. The second-order valence-electron chi connectivity index (χ2n) is 11.6. The van der Waals surface area contributed by atoms with Crippen LogP contribution in [0.2, 0.25) is 0 Å². The number of hydrogen-bond acceptors (Lipinski definition) is 6. The molecule has 1 saturated heterocycles. The SMILES string of the molecule is COc1cc(C)c(S(=O)(=O)N(C)CCOCC(=O)N2CCC3(CCC(C[N+](C)(C)[O-])CC3)CC2)c(C)c1. The van der Waals surface area contributed by atoms with Gasteiger partial charge in [-0.15, -0.1) is 0 Å². The molecule has 2 fully saturated rings. The first-order valence-electron chi connectivity index (χ1n) is 13.3. The van der Waals surface area contributed by atoms with Crippen LogP contribution in [0, 0.1) is 30.4 Å². The molecule has 1 aromatic carbocycles.